The number of benzene rings is 2. The van der Waals surface area contributed by atoms with Crippen LogP contribution < -0.4 is 10.6 Å². The van der Waals surface area contributed by atoms with Crippen molar-refractivity contribution in [2.24, 2.45) is 0 Å². The number of anilines is 1. The molecule has 0 spiro atoms. The minimum absolute atomic E-state index is 0.0617. The van der Waals surface area contributed by atoms with Gasteiger partial charge in [-0.15, -0.1) is 0 Å². The molecule has 0 unspecified atom stereocenters. The highest BCUT2D eigenvalue weighted by Crippen LogP contribution is 2.29. The van der Waals surface area contributed by atoms with Gasteiger partial charge in [0, 0.05) is 29.0 Å². The molecule has 0 fully saturated rings. The number of aromatic nitrogens is 2. The summed E-state index contributed by atoms with van der Waals surface area (Å²) in [4.78, 5) is 21.2. The van der Waals surface area contributed by atoms with Crippen LogP contribution in [0, 0.1) is 13.8 Å². The van der Waals surface area contributed by atoms with Crippen molar-refractivity contribution in [1.82, 2.24) is 15.3 Å². The number of nitrogens with one attached hydrogen (secondary N) is 2. The Hall–Kier alpha value is -2.47. The lowest BCUT2D eigenvalue weighted by Crippen LogP contribution is -2.17. The number of hydrogen-bond acceptors (Lipinski definition) is 4. The molecule has 0 saturated carbocycles. The summed E-state index contributed by atoms with van der Waals surface area (Å²) in [5.41, 5.74) is 5.06. The molecular formula is C21H20Cl2N4O. The molecule has 0 atom stereocenters. The lowest BCUT2D eigenvalue weighted by Gasteiger charge is -2.14. The molecule has 1 heterocycles. The Balaban J connectivity index is 1.89. The lowest BCUT2D eigenvalue weighted by molar-refractivity contribution is 0.101. The van der Waals surface area contributed by atoms with E-state index in [-0.39, 0.29) is 11.7 Å². The van der Waals surface area contributed by atoms with Crippen molar-refractivity contribution in [3.05, 3.63) is 75.2 Å². The van der Waals surface area contributed by atoms with Crippen molar-refractivity contribution in [1.29, 1.82) is 0 Å². The molecular weight excluding hydrogens is 395 g/mol. The normalized spacial score (nSPS) is 10.8. The Morgan fingerprint density at radius 2 is 1.79 bits per heavy atom. The Morgan fingerprint density at radius 1 is 1.07 bits per heavy atom. The van der Waals surface area contributed by atoms with Crippen LogP contribution in [0.2, 0.25) is 10.0 Å². The highest BCUT2D eigenvalue weighted by atomic mass is 35.5. The maximum absolute atomic E-state index is 12.8. The van der Waals surface area contributed by atoms with E-state index in [0.29, 0.717) is 21.3 Å². The van der Waals surface area contributed by atoms with Gasteiger partial charge in [-0.1, -0.05) is 35.3 Å². The molecule has 1 amide bonds. The zero-order valence-corrected chi connectivity index (χ0v) is 17.3. The first-order valence-electron chi connectivity index (χ1n) is 8.73. The largest absolute Gasteiger partial charge is 0.319 e. The van der Waals surface area contributed by atoms with Gasteiger partial charge >= 0.3 is 0 Å². The summed E-state index contributed by atoms with van der Waals surface area (Å²) in [5.74, 6) is -0.320. The molecule has 1 aromatic heterocycles. The average molecular weight is 415 g/mol. The maximum atomic E-state index is 12.8. The monoisotopic (exact) mass is 414 g/mol. The molecule has 28 heavy (non-hydrogen) atoms. The van der Waals surface area contributed by atoms with Gasteiger partial charge in [-0.25, -0.2) is 9.97 Å². The van der Waals surface area contributed by atoms with Crippen LogP contribution in [0.5, 0.6) is 0 Å². The van der Waals surface area contributed by atoms with E-state index < -0.39 is 0 Å². The molecule has 3 aromatic rings. The zero-order chi connectivity index (χ0) is 20.3. The molecule has 3 rings (SSSR count). The van der Waals surface area contributed by atoms with Crippen molar-refractivity contribution in [3.63, 3.8) is 0 Å². The van der Waals surface area contributed by atoms with Crippen LogP contribution in [-0.2, 0) is 6.54 Å². The topological polar surface area (TPSA) is 66.9 Å². The summed E-state index contributed by atoms with van der Waals surface area (Å²) in [7, 11) is 1.90. The third kappa shape index (κ3) is 4.50. The first-order chi connectivity index (χ1) is 13.4. The number of halogens is 2. The minimum Gasteiger partial charge on any atom is -0.319 e. The molecule has 0 aliphatic heterocycles. The molecule has 144 valence electrons. The quantitative estimate of drug-likeness (QED) is 0.613. The van der Waals surface area contributed by atoms with Crippen LogP contribution in [0.25, 0.3) is 11.3 Å². The Bertz CT molecular complexity index is 1010. The van der Waals surface area contributed by atoms with Gasteiger partial charge < -0.3 is 10.6 Å². The van der Waals surface area contributed by atoms with Crippen molar-refractivity contribution in [3.8, 4) is 11.3 Å². The standard InChI is InChI=1S/C21H20Cl2N4O/c1-12-8-14(11-24-3)9-13(2)19(12)27-21(28)20-25-7-6-18(26-20)16-10-15(22)4-5-17(16)23/h4-10,24H,11H2,1-3H3,(H,27,28). The van der Waals surface area contributed by atoms with E-state index in [4.69, 9.17) is 23.2 Å². The predicted octanol–water partition coefficient (Wildman–Crippen LogP) is 5.04. The summed E-state index contributed by atoms with van der Waals surface area (Å²) >= 11 is 12.3. The van der Waals surface area contributed by atoms with Gasteiger partial charge in [-0.3, -0.25) is 4.79 Å². The second kappa shape index (κ2) is 8.69. The number of amides is 1. The molecule has 5 nitrogen and oxygen atoms in total. The van der Waals surface area contributed by atoms with Crippen LogP contribution in [0.15, 0.2) is 42.6 Å². The van der Waals surface area contributed by atoms with E-state index in [1.165, 1.54) is 6.20 Å². The van der Waals surface area contributed by atoms with E-state index in [0.717, 1.165) is 28.9 Å². The molecule has 0 aliphatic rings. The van der Waals surface area contributed by atoms with Gasteiger partial charge in [0.2, 0.25) is 5.82 Å². The van der Waals surface area contributed by atoms with E-state index in [1.807, 2.05) is 33.0 Å². The van der Waals surface area contributed by atoms with Crippen LogP contribution in [0.3, 0.4) is 0 Å². The molecule has 0 radical (unpaired) electrons. The van der Waals surface area contributed by atoms with Gasteiger partial charge in [-0.05, 0) is 61.9 Å². The van der Waals surface area contributed by atoms with Crippen molar-refractivity contribution in [2.45, 2.75) is 20.4 Å². The number of hydrogen-bond donors (Lipinski definition) is 2. The fourth-order valence-electron chi connectivity index (χ4n) is 3.04. The summed E-state index contributed by atoms with van der Waals surface area (Å²) in [6.07, 6.45) is 1.53. The Labute approximate surface area is 174 Å². The van der Waals surface area contributed by atoms with Gasteiger partial charge in [0.1, 0.15) is 0 Å². The predicted molar refractivity (Wildman–Crippen MR) is 114 cm³/mol. The van der Waals surface area contributed by atoms with Crippen LogP contribution in [0.4, 0.5) is 5.69 Å². The second-order valence-electron chi connectivity index (χ2n) is 6.48. The van der Waals surface area contributed by atoms with Crippen LogP contribution >= 0.6 is 23.2 Å². The summed E-state index contributed by atoms with van der Waals surface area (Å²) in [5, 5.41) is 7.09. The molecule has 7 heteroatoms. The molecule has 0 saturated heterocycles. The number of aryl methyl sites for hydroxylation is 2. The van der Waals surface area contributed by atoms with Crippen molar-refractivity contribution in [2.75, 3.05) is 12.4 Å². The highest BCUT2D eigenvalue weighted by Gasteiger charge is 2.15. The third-order valence-corrected chi connectivity index (χ3v) is 4.84. The summed E-state index contributed by atoms with van der Waals surface area (Å²) in [6, 6.07) is 10.9. The van der Waals surface area contributed by atoms with E-state index in [9.17, 15) is 4.79 Å². The van der Waals surface area contributed by atoms with Gasteiger partial charge in [0.05, 0.1) is 10.7 Å². The summed E-state index contributed by atoms with van der Waals surface area (Å²) in [6.45, 7) is 4.69. The first-order valence-corrected chi connectivity index (χ1v) is 9.49. The van der Waals surface area contributed by atoms with E-state index >= 15 is 0 Å². The molecule has 2 aromatic carbocycles. The van der Waals surface area contributed by atoms with Gasteiger partial charge in [0.15, 0.2) is 0 Å². The van der Waals surface area contributed by atoms with Crippen molar-refractivity contribution < 1.29 is 4.79 Å². The van der Waals surface area contributed by atoms with Gasteiger partial charge in [-0.2, -0.15) is 0 Å². The average Bonchev–Trinajstić information content (AvgIpc) is 2.67. The molecule has 0 bridgehead atoms. The third-order valence-electron chi connectivity index (χ3n) is 4.27. The smallest absolute Gasteiger partial charge is 0.293 e. The molecule has 2 N–H and O–H groups in total. The Kier molecular flexibility index (Phi) is 6.29. The van der Waals surface area contributed by atoms with E-state index in [2.05, 4.69) is 20.6 Å². The van der Waals surface area contributed by atoms with Crippen LogP contribution in [0.1, 0.15) is 27.3 Å². The van der Waals surface area contributed by atoms with E-state index in [1.54, 1.807) is 24.3 Å². The fraction of sp³-hybridized carbons (Fsp3) is 0.190. The lowest BCUT2D eigenvalue weighted by atomic mass is 10.0. The van der Waals surface area contributed by atoms with Crippen LogP contribution in [-0.4, -0.2) is 22.9 Å². The second-order valence-corrected chi connectivity index (χ2v) is 7.32. The number of rotatable bonds is 5. The van der Waals surface area contributed by atoms with Crippen molar-refractivity contribution >= 4 is 34.8 Å². The maximum Gasteiger partial charge on any atom is 0.293 e. The highest BCUT2D eigenvalue weighted by molar-refractivity contribution is 6.35. The number of carbonyl (C=O) groups is 1. The SMILES string of the molecule is CNCc1cc(C)c(NC(=O)c2nccc(-c3cc(Cl)ccc3Cl)n2)c(C)c1. The molecule has 0 aliphatic carbocycles. The Morgan fingerprint density at radius 3 is 2.46 bits per heavy atom. The van der Waals surface area contributed by atoms with Gasteiger partial charge in [0.25, 0.3) is 5.91 Å². The number of carbonyl (C=O) groups excluding carboxylic acids is 1. The first kappa shape index (κ1) is 20.3. The number of nitrogens with zero attached hydrogens (tertiary/aromatic N) is 2. The fourth-order valence-corrected chi connectivity index (χ4v) is 3.42. The minimum atomic E-state index is -0.382. The zero-order valence-electron chi connectivity index (χ0n) is 15.8. The summed E-state index contributed by atoms with van der Waals surface area (Å²) < 4.78 is 0.